The molecule has 1 heterocycles. The average Bonchev–Trinajstić information content (AvgIpc) is 3.05. The van der Waals surface area contributed by atoms with E-state index in [0.29, 0.717) is 22.9 Å². The molecule has 2 unspecified atom stereocenters. The van der Waals surface area contributed by atoms with Crippen molar-refractivity contribution in [1.29, 1.82) is 0 Å². The van der Waals surface area contributed by atoms with Crippen molar-refractivity contribution < 1.29 is 4.79 Å². The van der Waals surface area contributed by atoms with E-state index in [-0.39, 0.29) is 5.91 Å². The van der Waals surface area contributed by atoms with Gasteiger partial charge in [-0.15, -0.1) is 5.10 Å². The normalized spacial score (nSPS) is 21.1. The zero-order chi connectivity index (χ0) is 16.1. The third-order valence-electron chi connectivity index (χ3n) is 4.30. The van der Waals surface area contributed by atoms with Crippen molar-refractivity contribution >= 4 is 17.7 Å². The minimum absolute atomic E-state index is 0.0693. The van der Waals surface area contributed by atoms with Gasteiger partial charge in [0.05, 0.1) is 5.75 Å². The fourth-order valence-corrected chi connectivity index (χ4v) is 3.55. The van der Waals surface area contributed by atoms with E-state index in [1.165, 1.54) is 31.0 Å². The van der Waals surface area contributed by atoms with Gasteiger partial charge in [0.2, 0.25) is 11.1 Å². The molecule has 1 aliphatic carbocycles. The van der Waals surface area contributed by atoms with Gasteiger partial charge in [0.15, 0.2) is 5.82 Å². The van der Waals surface area contributed by atoms with Crippen LogP contribution in [0, 0.1) is 5.92 Å². The molecule has 0 saturated heterocycles. The lowest BCUT2D eigenvalue weighted by atomic mass is 9.86. The highest BCUT2D eigenvalue weighted by Gasteiger charge is 2.22. The number of hydrogen-bond acceptors (Lipinski definition) is 4. The van der Waals surface area contributed by atoms with Crippen LogP contribution in [0.15, 0.2) is 35.5 Å². The Morgan fingerprint density at radius 3 is 2.87 bits per heavy atom. The number of amides is 1. The Hall–Kier alpha value is -1.82. The summed E-state index contributed by atoms with van der Waals surface area (Å²) in [5, 5.41) is 10.9. The van der Waals surface area contributed by atoms with E-state index in [2.05, 4.69) is 27.4 Å². The fourth-order valence-electron chi connectivity index (χ4n) is 2.95. The molecule has 1 aromatic heterocycles. The lowest BCUT2D eigenvalue weighted by molar-refractivity contribution is -0.119. The van der Waals surface area contributed by atoms with Crippen LogP contribution in [0.25, 0.3) is 11.4 Å². The van der Waals surface area contributed by atoms with Crippen LogP contribution >= 0.6 is 11.8 Å². The van der Waals surface area contributed by atoms with Gasteiger partial charge < -0.3 is 5.32 Å². The van der Waals surface area contributed by atoms with Crippen LogP contribution in [0.1, 0.15) is 32.6 Å². The van der Waals surface area contributed by atoms with Crippen LogP contribution in [0.4, 0.5) is 0 Å². The second-order valence-electron chi connectivity index (χ2n) is 6.06. The number of aromatic amines is 1. The Morgan fingerprint density at radius 2 is 2.09 bits per heavy atom. The van der Waals surface area contributed by atoms with Gasteiger partial charge >= 0.3 is 0 Å². The molecule has 2 atom stereocenters. The summed E-state index contributed by atoms with van der Waals surface area (Å²) in [6, 6.07) is 10.2. The van der Waals surface area contributed by atoms with Gasteiger partial charge in [-0.25, -0.2) is 4.98 Å². The molecular formula is C17H22N4OS. The number of nitrogens with one attached hydrogen (secondary N) is 2. The number of H-pyrrole nitrogens is 1. The molecule has 1 amide bonds. The first-order valence-electron chi connectivity index (χ1n) is 8.12. The number of aromatic nitrogens is 3. The smallest absolute Gasteiger partial charge is 0.230 e. The van der Waals surface area contributed by atoms with Crippen LogP contribution < -0.4 is 5.32 Å². The van der Waals surface area contributed by atoms with Gasteiger partial charge in [0.1, 0.15) is 0 Å². The van der Waals surface area contributed by atoms with Crippen LogP contribution in [0.2, 0.25) is 0 Å². The Morgan fingerprint density at radius 1 is 1.30 bits per heavy atom. The molecule has 0 radical (unpaired) electrons. The Kier molecular flexibility index (Phi) is 5.33. The summed E-state index contributed by atoms with van der Waals surface area (Å²) in [7, 11) is 0. The molecule has 3 rings (SSSR count). The first-order chi connectivity index (χ1) is 11.2. The number of thioether (sulfide) groups is 1. The zero-order valence-electron chi connectivity index (χ0n) is 13.3. The van der Waals surface area contributed by atoms with Crippen molar-refractivity contribution in [3.05, 3.63) is 30.3 Å². The zero-order valence-corrected chi connectivity index (χ0v) is 14.1. The topological polar surface area (TPSA) is 70.7 Å². The summed E-state index contributed by atoms with van der Waals surface area (Å²) in [4.78, 5) is 16.5. The molecule has 1 saturated carbocycles. The third kappa shape index (κ3) is 4.34. The van der Waals surface area contributed by atoms with Gasteiger partial charge in [-0.2, -0.15) is 0 Å². The molecule has 0 aliphatic heterocycles. The van der Waals surface area contributed by atoms with E-state index < -0.39 is 0 Å². The summed E-state index contributed by atoms with van der Waals surface area (Å²) >= 11 is 1.37. The molecule has 122 valence electrons. The molecule has 0 bridgehead atoms. The van der Waals surface area contributed by atoms with Gasteiger partial charge in [-0.05, 0) is 18.8 Å². The Labute approximate surface area is 140 Å². The summed E-state index contributed by atoms with van der Waals surface area (Å²) in [5.41, 5.74) is 0.993. The number of carbonyl (C=O) groups is 1. The first kappa shape index (κ1) is 16.1. The van der Waals surface area contributed by atoms with Gasteiger partial charge in [0, 0.05) is 11.6 Å². The predicted octanol–water partition coefficient (Wildman–Crippen LogP) is 3.26. The predicted molar refractivity (Wildman–Crippen MR) is 92.1 cm³/mol. The van der Waals surface area contributed by atoms with Crippen LogP contribution in [0.3, 0.4) is 0 Å². The van der Waals surface area contributed by atoms with Gasteiger partial charge in [0.25, 0.3) is 0 Å². The van der Waals surface area contributed by atoms with Crippen molar-refractivity contribution in [2.24, 2.45) is 5.92 Å². The van der Waals surface area contributed by atoms with E-state index in [9.17, 15) is 4.79 Å². The van der Waals surface area contributed by atoms with Crippen molar-refractivity contribution in [1.82, 2.24) is 20.5 Å². The molecule has 0 spiro atoms. The number of hydrogen-bond donors (Lipinski definition) is 2. The second kappa shape index (κ2) is 7.64. The molecule has 23 heavy (non-hydrogen) atoms. The first-order valence-corrected chi connectivity index (χ1v) is 9.11. The lowest BCUT2D eigenvalue weighted by Crippen LogP contribution is -2.41. The monoisotopic (exact) mass is 330 g/mol. The van der Waals surface area contributed by atoms with Crippen molar-refractivity contribution in [2.75, 3.05) is 5.75 Å². The lowest BCUT2D eigenvalue weighted by Gasteiger charge is -2.29. The molecular weight excluding hydrogens is 308 g/mol. The minimum atomic E-state index is 0.0693. The van der Waals surface area contributed by atoms with Crippen LogP contribution in [-0.2, 0) is 4.79 Å². The highest BCUT2D eigenvalue weighted by Crippen LogP contribution is 2.24. The molecule has 1 fully saturated rings. The fraction of sp³-hybridized carbons (Fsp3) is 0.471. The summed E-state index contributed by atoms with van der Waals surface area (Å²) in [6.45, 7) is 2.22. The summed E-state index contributed by atoms with van der Waals surface area (Å²) in [6.07, 6.45) is 4.79. The summed E-state index contributed by atoms with van der Waals surface area (Å²) in [5.74, 6) is 1.73. The van der Waals surface area contributed by atoms with Crippen molar-refractivity contribution in [3.8, 4) is 11.4 Å². The molecule has 2 N–H and O–H groups in total. The highest BCUT2D eigenvalue weighted by atomic mass is 32.2. The standard InChI is InChI=1S/C17H22N4OS/c1-12-7-5-6-10-14(12)18-15(22)11-23-17-19-16(20-21-17)13-8-3-2-4-9-13/h2-4,8-9,12,14H,5-7,10-11H2,1H3,(H,18,22)(H,19,20,21). The second-order valence-corrected chi connectivity index (χ2v) is 7.00. The van der Waals surface area contributed by atoms with Gasteiger partial charge in [-0.3, -0.25) is 9.89 Å². The molecule has 5 nitrogen and oxygen atoms in total. The summed E-state index contributed by atoms with van der Waals surface area (Å²) < 4.78 is 0. The van der Waals surface area contributed by atoms with E-state index in [0.717, 1.165) is 17.8 Å². The third-order valence-corrected chi connectivity index (χ3v) is 5.15. The molecule has 1 aliphatic rings. The van der Waals surface area contributed by atoms with Crippen molar-refractivity contribution in [2.45, 2.75) is 43.8 Å². The number of rotatable bonds is 5. The average molecular weight is 330 g/mol. The largest absolute Gasteiger partial charge is 0.352 e. The maximum Gasteiger partial charge on any atom is 0.230 e. The maximum absolute atomic E-state index is 12.1. The maximum atomic E-state index is 12.1. The number of carbonyl (C=O) groups excluding carboxylic acids is 1. The minimum Gasteiger partial charge on any atom is -0.352 e. The SMILES string of the molecule is CC1CCCCC1NC(=O)CSc1n[nH]c(-c2ccccc2)n1. The van der Waals surface area contributed by atoms with E-state index in [1.54, 1.807) is 0 Å². The quantitative estimate of drug-likeness (QED) is 0.826. The van der Waals surface area contributed by atoms with E-state index in [1.807, 2.05) is 30.3 Å². The molecule has 2 aromatic rings. The van der Waals surface area contributed by atoms with Crippen LogP contribution in [0.5, 0.6) is 0 Å². The highest BCUT2D eigenvalue weighted by molar-refractivity contribution is 7.99. The van der Waals surface area contributed by atoms with Crippen LogP contribution in [-0.4, -0.2) is 32.9 Å². The van der Waals surface area contributed by atoms with Gasteiger partial charge in [-0.1, -0.05) is 61.9 Å². The van der Waals surface area contributed by atoms with E-state index >= 15 is 0 Å². The molecule has 6 heteroatoms. The number of nitrogens with zero attached hydrogens (tertiary/aromatic N) is 2. The molecule has 1 aromatic carbocycles. The Balaban J connectivity index is 1.50. The number of benzene rings is 1. The van der Waals surface area contributed by atoms with E-state index in [4.69, 9.17) is 0 Å². The van der Waals surface area contributed by atoms with Crippen molar-refractivity contribution in [3.63, 3.8) is 0 Å². The Bertz CT molecular complexity index is 643.